The predicted molar refractivity (Wildman–Crippen MR) is 84.8 cm³/mol. The fraction of sp³-hybridized carbons (Fsp3) is 0.353. The lowest BCUT2D eigenvalue weighted by atomic mass is 9.96. The molecule has 3 nitrogen and oxygen atoms in total. The van der Waals surface area contributed by atoms with E-state index in [1.807, 2.05) is 6.20 Å². The van der Waals surface area contributed by atoms with Crippen LogP contribution in [0, 0.1) is 0 Å². The van der Waals surface area contributed by atoms with Crippen LogP contribution in [0.2, 0.25) is 0 Å². The highest BCUT2D eigenvalue weighted by atomic mass is 15.2. The van der Waals surface area contributed by atoms with Crippen LogP contribution < -0.4 is 10.2 Å². The average molecular weight is 267 g/mol. The number of rotatable bonds is 3. The molecule has 0 fully saturated rings. The van der Waals surface area contributed by atoms with Crippen LogP contribution in [-0.2, 0) is 6.42 Å². The van der Waals surface area contributed by atoms with Gasteiger partial charge in [0.25, 0.3) is 0 Å². The third kappa shape index (κ3) is 2.36. The van der Waals surface area contributed by atoms with Crippen LogP contribution >= 0.6 is 0 Å². The molecule has 1 aromatic heterocycles. The van der Waals surface area contributed by atoms with Crippen molar-refractivity contribution in [3.05, 3.63) is 48.2 Å². The van der Waals surface area contributed by atoms with E-state index in [0.717, 1.165) is 12.4 Å². The molecule has 20 heavy (non-hydrogen) atoms. The van der Waals surface area contributed by atoms with Crippen molar-refractivity contribution in [1.82, 2.24) is 4.98 Å². The maximum Gasteiger partial charge on any atom is 0.127 e. The Labute approximate surface area is 120 Å². The van der Waals surface area contributed by atoms with Gasteiger partial charge in [-0.2, -0.15) is 0 Å². The molecule has 1 N–H and O–H groups in total. The monoisotopic (exact) mass is 267 g/mol. The molecule has 0 saturated heterocycles. The van der Waals surface area contributed by atoms with Gasteiger partial charge in [0.1, 0.15) is 5.82 Å². The standard InChI is InChI=1S/C17H21N3/c1-3-18-17-12-15(10-11-19-17)20-13(2)8-9-14-6-4-5-7-16(14)20/h4-7,10-13H,3,8-9H2,1-2H3,(H,18,19). The van der Waals surface area contributed by atoms with E-state index < -0.39 is 0 Å². The highest BCUT2D eigenvalue weighted by Crippen LogP contribution is 2.36. The van der Waals surface area contributed by atoms with Gasteiger partial charge in [0.15, 0.2) is 0 Å². The van der Waals surface area contributed by atoms with Gasteiger partial charge in [-0.3, -0.25) is 0 Å². The van der Waals surface area contributed by atoms with Crippen LogP contribution in [0.4, 0.5) is 17.2 Å². The van der Waals surface area contributed by atoms with Crippen LogP contribution in [0.5, 0.6) is 0 Å². The van der Waals surface area contributed by atoms with Gasteiger partial charge in [0.2, 0.25) is 0 Å². The Morgan fingerprint density at radius 3 is 3.00 bits per heavy atom. The van der Waals surface area contributed by atoms with E-state index in [-0.39, 0.29) is 0 Å². The molecule has 3 rings (SSSR count). The second-order valence-electron chi connectivity index (χ2n) is 5.32. The van der Waals surface area contributed by atoms with E-state index >= 15 is 0 Å². The van der Waals surface area contributed by atoms with Crippen LogP contribution in [0.15, 0.2) is 42.6 Å². The molecule has 1 aliphatic rings. The van der Waals surface area contributed by atoms with Crippen molar-refractivity contribution in [3.63, 3.8) is 0 Å². The third-order valence-corrected chi connectivity index (χ3v) is 3.90. The Hall–Kier alpha value is -2.03. The lowest BCUT2D eigenvalue weighted by Gasteiger charge is -2.37. The molecule has 0 bridgehead atoms. The van der Waals surface area contributed by atoms with Crippen molar-refractivity contribution in [2.75, 3.05) is 16.8 Å². The zero-order chi connectivity index (χ0) is 13.9. The second kappa shape index (κ2) is 5.53. The summed E-state index contributed by atoms with van der Waals surface area (Å²) in [6.45, 7) is 5.28. The van der Waals surface area contributed by atoms with E-state index in [1.54, 1.807) is 0 Å². The summed E-state index contributed by atoms with van der Waals surface area (Å²) in [5.41, 5.74) is 3.99. The van der Waals surface area contributed by atoms with Gasteiger partial charge in [0, 0.05) is 36.2 Å². The number of aryl methyl sites for hydroxylation is 1. The summed E-state index contributed by atoms with van der Waals surface area (Å²) in [6.07, 6.45) is 4.24. The number of anilines is 3. The predicted octanol–water partition coefficient (Wildman–Crippen LogP) is 3.99. The molecule has 2 aromatic rings. The summed E-state index contributed by atoms with van der Waals surface area (Å²) in [7, 11) is 0. The smallest absolute Gasteiger partial charge is 0.127 e. The number of aromatic nitrogens is 1. The van der Waals surface area contributed by atoms with Crippen molar-refractivity contribution in [2.45, 2.75) is 32.7 Å². The summed E-state index contributed by atoms with van der Waals surface area (Å²) in [5, 5.41) is 3.29. The third-order valence-electron chi connectivity index (χ3n) is 3.90. The molecule has 0 saturated carbocycles. The number of nitrogens with one attached hydrogen (secondary N) is 1. The Bertz CT molecular complexity index is 594. The lowest BCUT2D eigenvalue weighted by molar-refractivity contribution is 0.618. The van der Waals surface area contributed by atoms with Gasteiger partial charge in [-0.25, -0.2) is 4.98 Å². The maximum absolute atomic E-state index is 4.37. The minimum absolute atomic E-state index is 0.516. The first-order valence-corrected chi connectivity index (χ1v) is 7.36. The molecule has 1 unspecified atom stereocenters. The largest absolute Gasteiger partial charge is 0.370 e. The molecule has 104 valence electrons. The molecule has 3 heteroatoms. The van der Waals surface area contributed by atoms with Crippen molar-refractivity contribution in [3.8, 4) is 0 Å². The summed E-state index contributed by atoms with van der Waals surface area (Å²) < 4.78 is 0. The first kappa shape index (κ1) is 13.0. The van der Waals surface area contributed by atoms with Crippen LogP contribution in [-0.4, -0.2) is 17.6 Å². The number of hydrogen-bond donors (Lipinski definition) is 1. The highest BCUT2D eigenvalue weighted by molar-refractivity contribution is 5.70. The molecule has 1 atom stereocenters. The molecule has 2 heterocycles. The molecule has 0 amide bonds. The van der Waals surface area contributed by atoms with Gasteiger partial charge in [-0.05, 0) is 44.4 Å². The topological polar surface area (TPSA) is 28.2 Å². The number of benzene rings is 1. The average Bonchev–Trinajstić information content (AvgIpc) is 2.48. The molecule has 0 radical (unpaired) electrons. The zero-order valence-corrected chi connectivity index (χ0v) is 12.1. The van der Waals surface area contributed by atoms with Gasteiger partial charge in [-0.1, -0.05) is 18.2 Å². The summed E-state index contributed by atoms with van der Waals surface area (Å²) in [5.74, 6) is 0.945. The summed E-state index contributed by atoms with van der Waals surface area (Å²) in [6, 6.07) is 13.5. The molecular weight excluding hydrogens is 246 g/mol. The maximum atomic E-state index is 4.37. The van der Waals surface area contributed by atoms with E-state index in [4.69, 9.17) is 0 Å². The Kier molecular flexibility index (Phi) is 3.59. The Morgan fingerprint density at radius 1 is 1.30 bits per heavy atom. The van der Waals surface area contributed by atoms with Crippen molar-refractivity contribution >= 4 is 17.2 Å². The zero-order valence-electron chi connectivity index (χ0n) is 12.1. The van der Waals surface area contributed by atoms with Gasteiger partial charge < -0.3 is 10.2 Å². The number of nitrogens with zero attached hydrogens (tertiary/aromatic N) is 2. The fourth-order valence-electron chi connectivity index (χ4n) is 2.93. The van der Waals surface area contributed by atoms with Crippen molar-refractivity contribution in [2.24, 2.45) is 0 Å². The SMILES string of the molecule is CCNc1cc(N2c3ccccc3CCC2C)ccn1. The minimum atomic E-state index is 0.516. The number of hydrogen-bond acceptors (Lipinski definition) is 3. The quantitative estimate of drug-likeness (QED) is 0.911. The Balaban J connectivity index is 2.02. The molecule has 0 spiro atoms. The number of fused-ring (bicyclic) bond motifs is 1. The highest BCUT2D eigenvalue weighted by Gasteiger charge is 2.24. The van der Waals surface area contributed by atoms with Crippen LogP contribution in [0.3, 0.4) is 0 Å². The Morgan fingerprint density at radius 2 is 2.15 bits per heavy atom. The first-order valence-electron chi connectivity index (χ1n) is 7.36. The molecule has 0 aliphatic carbocycles. The second-order valence-corrected chi connectivity index (χ2v) is 5.32. The first-order chi connectivity index (χ1) is 9.79. The van der Waals surface area contributed by atoms with Gasteiger partial charge in [-0.15, -0.1) is 0 Å². The summed E-state index contributed by atoms with van der Waals surface area (Å²) >= 11 is 0. The van der Waals surface area contributed by atoms with Crippen molar-refractivity contribution in [1.29, 1.82) is 0 Å². The number of para-hydroxylation sites is 1. The van der Waals surface area contributed by atoms with Crippen LogP contribution in [0.25, 0.3) is 0 Å². The molecule has 1 aliphatic heterocycles. The van der Waals surface area contributed by atoms with Gasteiger partial charge >= 0.3 is 0 Å². The van der Waals surface area contributed by atoms with E-state index in [9.17, 15) is 0 Å². The lowest BCUT2D eigenvalue weighted by Crippen LogP contribution is -2.33. The number of pyridine rings is 1. The molecule has 1 aromatic carbocycles. The van der Waals surface area contributed by atoms with Gasteiger partial charge in [0.05, 0.1) is 0 Å². The van der Waals surface area contributed by atoms with Crippen LogP contribution in [0.1, 0.15) is 25.8 Å². The molecular formula is C17H21N3. The van der Waals surface area contributed by atoms with E-state index in [1.165, 1.54) is 29.8 Å². The summed E-state index contributed by atoms with van der Waals surface area (Å²) in [4.78, 5) is 6.80. The normalized spacial score (nSPS) is 17.7. The fourth-order valence-corrected chi connectivity index (χ4v) is 2.93. The van der Waals surface area contributed by atoms with E-state index in [2.05, 4.69) is 65.4 Å². The minimum Gasteiger partial charge on any atom is -0.370 e. The van der Waals surface area contributed by atoms with Crippen molar-refractivity contribution < 1.29 is 0 Å². The van der Waals surface area contributed by atoms with E-state index in [0.29, 0.717) is 6.04 Å².